The molecule has 0 saturated carbocycles. The van der Waals surface area contributed by atoms with Crippen LogP contribution in [0, 0.1) is 0 Å². The van der Waals surface area contributed by atoms with Crippen molar-refractivity contribution in [3.05, 3.63) is 54.1 Å². The second-order valence-electron chi connectivity index (χ2n) is 8.38. The summed E-state index contributed by atoms with van der Waals surface area (Å²) in [6, 6.07) is 15.7. The van der Waals surface area contributed by atoms with E-state index in [2.05, 4.69) is 31.4 Å². The van der Waals surface area contributed by atoms with E-state index in [1.807, 2.05) is 42.5 Å². The number of carbonyl (C=O) groups excluding carboxylic acids is 1. The zero-order chi connectivity index (χ0) is 23.8. The van der Waals surface area contributed by atoms with Gasteiger partial charge in [-0.25, -0.2) is 15.1 Å². The van der Waals surface area contributed by atoms with Gasteiger partial charge in [0.1, 0.15) is 0 Å². The van der Waals surface area contributed by atoms with Gasteiger partial charge in [-0.2, -0.15) is 0 Å². The van der Waals surface area contributed by atoms with Gasteiger partial charge in [0.15, 0.2) is 0 Å². The molecule has 2 aromatic carbocycles. The van der Waals surface area contributed by atoms with Crippen molar-refractivity contribution >= 4 is 27.7 Å². The number of aromatic nitrogens is 1. The van der Waals surface area contributed by atoms with Gasteiger partial charge in [0.2, 0.25) is 0 Å². The molecule has 0 atom stereocenters. The van der Waals surface area contributed by atoms with E-state index in [1.165, 1.54) is 32.1 Å². The molecule has 3 aromatic rings. The highest BCUT2D eigenvalue weighted by molar-refractivity contribution is 6.08. The number of hydrogen-bond donors (Lipinski definition) is 2. The molecule has 184 valence electrons. The highest BCUT2D eigenvalue weighted by Crippen LogP contribution is 2.22. The maximum absolute atomic E-state index is 12.8. The molecule has 0 aliphatic carbocycles. The van der Waals surface area contributed by atoms with Crippen LogP contribution in [0.2, 0.25) is 0 Å². The molecule has 1 aromatic heterocycles. The number of fused-ring (bicyclic) bond motifs is 2. The van der Waals surface area contributed by atoms with Crippen LogP contribution in [0.25, 0.3) is 21.8 Å². The lowest BCUT2D eigenvalue weighted by Crippen LogP contribution is -2.24. The number of para-hydroxylation sites is 1. The van der Waals surface area contributed by atoms with E-state index in [-0.39, 0.29) is 5.91 Å². The second kappa shape index (κ2) is 15.3. The van der Waals surface area contributed by atoms with Crippen LogP contribution < -0.4 is 5.32 Å². The van der Waals surface area contributed by atoms with Crippen LogP contribution in [0.1, 0.15) is 74.6 Å². The molecule has 0 saturated heterocycles. The van der Waals surface area contributed by atoms with Gasteiger partial charge in [0.05, 0.1) is 17.6 Å². The molecule has 1 heterocycles. The summed E-state index contributed by atoms with van der Waals surface area (Å²) in [5.74, 6) is -0.0334. The highest BCUT2D eigenvalue weighted by Gasteiger charge is 2.11. The maximum atomic E-state index is 12.8. The topological polar surface area (TPSA) is 99.1 Å². The fourth-order valence-electron chi connectivity index (χ4n) is 4.06. The Labute approximate surface area is 199 Å². The minimum absolute atomic E-state index is 0.0334. The zero-order valence-corrected chi connectivity index (χ0v) is 19.5. The van der Waals surface area contributed by atoms with Crippen LogP contribution in [0.3, 0.4) is 0 Å². The number of rotatable bonds is 17. The van der Waals surface area contributed by atoms with Crippen molar-refractivity contribution in [3.63, 3.8) is 0 Å². The van der Waals surface area contributed by atoms with Gasteiger partial charge in [-0.05, 0) is 52.2 Å². The van der Waals surface area contributed by atoms with Crippen LogP contribution in [-0.2, 0) is 20.0 Å². The number of nitrogens with zero attached hydrogens (tertiary/aromatic N) is 1. The van der Waals surface area contributed by atoms with Crippen LogP contribution in [-0.4, -0.2) is 29.3 Å². The fourth-order valence-corrected chi connectivity index (χ4v) is 4.06. The first-order valence-electron chi connectivity index (χ1n) is 12.1. The van der Waals surface area contributed by atoms with Crippen LogP contribution in [0.15, 0.2) is 48.5 Å². The molecule has 8 heteroatoms. The second-order valence-corrected chi connectivity index (χ2v) is 8.38. The van der Waals surface area contributed by atoms with Gasteiger partial charge in [0.25, 0.3) is 5.91 Å². The quantitative estimate of drug-likeness (QED) is 0.103. The Hall–Kier alpha value is -2.62. The number of carbonyl (C=O) groups is 1. The zero-order valence-electron chi connectivity index (χ0n) is 19.5. The van der Waals surface area contributed by atoms with Crippen molar-refractivity contribution in [2.45, 2.75) is 64.2 Å². The molecule has 0 bridgehead atoms. The van der Waals surface area contributed by atoms with E-state index >= 15 is 0 Å². The first-order valence-corrected chi connectivity index (χ1v) is 12.1. The molecule has 34 heavy (non-hydrogen) atoms. The Bertz CT molecular complexity index is 1010. The lowest BCUT2D eigenvalue weighted by atomic mass is 10.0. The predicted molar refractivity (Wildman–Crippen MR) is 130 cm³/mol. The fraction of sp³-hybridized carbons (Fsp3) is 0.462. The first kappa shape index (κ1) is 26.0. The van der Waals surface area contributed by atoms with Crippen molar-refractivity contribution in [2.24, 2.45) is 0 Å². The van der Waals surface area contributed by atoms with Crippen molar-refractivity contribution in [3.8, 4) is 0 Å². The third-order valence-electron chi connectivity index (χ3n) is 5.85. The van der Waals surface area contributed by atoms with Crippen LogP contribution in [0.4, 0.5) is 0 Å². The smallest absolute Gasteiger partial charge is 0.251 e. The van der Waals surface area contributed by atoms with E-state index in [0.29, 0.717) is 18.7 Å². The number of benzene rings is 2. The number of amides is 1. The van der Waals surface area contributed by atoms with Crippen molar-refractivity contribution in [1.82, 2.24) is 10.3 Å². The summed E-state index contributed by atoms with van der Waals surface area (Å²) in [6.45, 7) is 1.09. The number of nitrogens with one attached hydrogen (secondary N) is 1. The Morgan fingerprint density at radius 2 is 1.47 bits per heavy atom. The van der Waals surface area contributed by atoms with Gasteiger partial charge in [0, 0.05) is 22.9 Å². The molecule has 0 spiro atoms. The van der Waals surface area contributed by atoms with Gasteiger partial charge < -0.3 is 5.32 Å². The standard InChI is InChI=1S/C26H34N2O6/c29-26(22-15-13-17-25-23(22)20-21-14-9-10-16-24(21)28-25)27-18-11-7-5-3-1-2-4-6-8-12-19-31-33-34-32-30/h9-10,13-17,20,30H,1-8,11-12,18-19H2,(H,27,29). The molecule has 0 aliphatic heterocycles. The largest absolute Gasteiger partial charge is 0.352 e. The number of hydrogen-bond acceptors (Lipinski definition) is 7. The Balaban J connectivity index is 1.24. The lowest BCUT2D eigenvalue weighted by molar-refractivity contribution is -0.702. The maximum Gasteiger partial charge on any atom is 0.251 e. The number of pyridine rings is 1. The average molecular weight is 471 g/mol. The Kier molecular flexibility index (Phi) is 11.7. The third kappa shape index (κ3) is 8.62. The van der Waals surface area contributed by atoms with E-state index in [1.54, 1.807) is 0 Å². The molecular weight excluding hydrogens is 436 g/mol. The molecule has 1 amide bonds. The summed E-state index contributed by atoms with van der Waals surface area (Å²) in [5.41, 5.74) is 2.47. The van der Waals surface area contributed by atoms with E-state index in [4.69, 9.17) is 10.2 Å². The summed E-state index contributed by atoms with van der Waals surface area (Å²) in [4.78, 5) is 22.1. The predicted octanol–water partition coefficient (Wildman–Crippen LogP) is 6.30. The van der Waals surface area contributed by atoms with Crippen LogP contribution in [0.5, 0.6) is 0 Å². The normalized spacial score (nSPS) is 11.3. The molecular formula is C26H34N2O6. The molecule has 0 unspecified atom stereocenters. The summed E-state index contributed by atoms with van der Waals surface area (Å²) < 4.78 is 0. The SMILES string of the molecule is O=C(NCCCCCCCCCCCCOOOOO)c1cccc2nc3ccccc3cc12. The number of unbranched alkanes of at least 4 members (excludes halogenated alkanes) is 9. The molecule has 3 rings (SSSR count). The van der Waals surface area contributed by atoms with Crippen molar-refractivity contribution in [2.75, 3.05) is 13.2 Å². The van der Waals surface area contributed by atoms with E-state index in [0.717, 1.165) is 53.9 Å². The summed E-state index contributed by atoms with van der Waals surface area (Å²) in [5, 5.41) is 23.9. The van der Waals surface area contributed by atoms with Crippen LogP contribution >= 0.6 is 0 Å². The molecule has 2 N–H and O–H groups in total. The lowest BCUT2D eigenvalue weighted by Gasteiger charge is -2.09. The Morgan fingerprint density at radius 1 is 0.794 bits per heavy atom. The molecule has 0 fully saturated rings. The minimum Gasteiger partial charge on any atom is -0.352 e. The van der Waals surface area contributed by atoms with Crippen molar-refractivity contribution < 1.29 is 30.1 Å². The Morgan fingerprint density at radius 3 is 2.24 bits per heavy atom. The molecule has 0 aliphatic rings. The van der Waals surface area contributed by atoms with Gasteiger partial charge in [-0.3, -0.25) is 4.79 Å². The summed E-state index contributed by atoms with van der Waals surface area (Å²) in [6.07, 6.45) is 11.3. The molecule has 8 nitrogen and oxygen atoms in total. The summed E-state index contributed by atoms with van der Waals surface area (Å²) in [7, 11) is 0. The van der Waals surface area contributed by atoms with Crippen molar-refractivity contribution in [1.29, 1.82) is 0 Å². The highest BCUT2D eigenvalue weighted by atomic mass is 17.8. The van der Waals surface area contributed by atoms with E-state index < -0.39 is 0 Å². The third-order valence-corrected chi connectivity index (χ3v) is 5.85. The van der Waals surface area contributed by atoms with E-state index in [9.17, 15) is 4.79 Å². The van der Waals surface area contributed by atoms with Gasteiger partial charge >= 0.3 is 0 Å². The first-order chi connectivity index (χ1) is 16.8. The average Bonchev–Trinajstić information content (AvgIpc) is 2.86. The monoisotopic (exact) mass is 470 g/mol. The minimum atomic E-state index is -0.0334. The summed E-state index contributed by atoms with van der Waals surface area (Å²) >= 11 is 0. The van der Waals surface area contributed by atoms with Gasteiger partial charge in [-0.1, -0.05) is 75.6 Å². The van der Waals surface area contributed by atoms with Gasteiger partial charge in [-0.15, -0.1) is 0 Å². The molecule has 0 radical (unpaired) electrons.